The molecule has 0 N–H and O–H groups in total. The highest BCUT2D eigenvalue weighted by Crippen LogP contribution is 2.65. The molecule has 7 rings (SSSR count). The molecule has 4 aliphatic rings. The van der Waals surface area contributed by atoms with Gasteiger partial charge in [0.25, 0.3) is 0 Å². The number of carbonyl (C=O) groups excluding carboxylic acids is 1. The summed E-state index contributed by atoms with van der Waals surface area (Å²) in [5.74, 6) is 2.32. The van der Waals surface area contributed by atoms with Crippen molar-refractivity contribution in [1.29, 1.82) is 5.26 Å². The van der Waals surface area contributed by atoms with E-state index in [9.17, 15) is 10.1 Å². The number of carbonyl (C=O) groups is 1. The molecular formula is C24H19FN6O2S. The van der Waals surface area contributed by atoms with E-state index >= 15 is 4.39 Å². The number of thioether (sulfide) groups is 1. The molecule has 1 saturated carbocycles. The molecule has 5 atom stereocenters. The standard InChI is InChI=1S/C24H19FN6O2S/c25-18-7-19-14(6-20-21(33-23(32)31(19)20)9-30-4-3-28-29-30)5-15(18)13-1-2-22(27-8-13)24(12-26)16-10-34-11-17(16)24/h1-5,7-8,16-17,20-21H,6,9-11H2/t16-,17+,20-,21-,24?/m0/s1. The van der Waals surface area contributed by atoms with Crippen LogP contribution in [0.2, 0.25) is 0 Å². The lowest BCUT2D eigenvalue weighted by molar-refractivity contribution is 0.117. The fraction of sp³-hybridized carbons (Fsp3) is 0.375. The lowest BCUT2D eigenvalue weighted by Crippen LogP contribution is -2.35. The van der Waals surface area contributed by atoms with Crippen molar-refractivity contribution >= 4 is 23.5 Å². The molecule has 170 valence electrons. The van der Waals surface area contributed by atoms with Gasteiger partial charge in [-0.1, -0.05) is 11.3 Å². The lowest BCUT2D eigenvalue weighted by atomic mass is 9.96. The second-order valence-corrected chi connectivity index (χ2v) is 10.4. The third-order valence-corrected chi connectivity index (χ3v) is 8.92. The van der Waals surface area contributed by atoms with Crippen LogP contribution in [0.25, 0.3) is 11.1 Å². The molecule has 5 heterocycles. The quantitative estimate of drug-likeness (QED) is 0.573. The summed E-state index contributed by atoms with van der Waals surface area (Å²) in [5.41, 5.74) is 2.85. The lowest BCUT2D eigenvalue weighted by Gasteiger charge is -2.16. The highest BCUT2D eigenvalue weighted by atomic mass is 32.2. The van der Waals surface area contributed by atoms with Gasteiger partial charge in [0.05, 0.1) is 36.2 Å². The minimum absolute atomic E-state index is 0.218. The van der Waals surface area contributed by atoms with Gasteiger partial charge in [0.1, 0.15) is 17.3 Å². The molecule has 0 bridgehead atoms. The van der Waals surface area contributed by atoms with Gasteiger partial charge in [0, 0.05) is 23.5 Å². The van der Waals surface area contributed by atoms with Gasteiger partial charge in [-0.3, -0.25) is 9.88 Å². The molecular weight excluding hydrogens is 455 g/mol. The first-order chi connectivity index (χ1) is 16.6. The number of aromatic nitrogens is 4. The molecule has 3 aromatic rings. The summed E-state index contributed by atoms with van der Waals surface area (Å²) in [6.45, 7) is 0.392. The Bertz CT molecular complexity index is 1350. The highest BCUT2D eigenvalue weighted by molar-refractivity contribution is 7.99. The molecule has 1 unspecified atom stereocenters. The van der Waals surface area contributed by atoms with Crippen LogP contribution in [0, 0.1) is 29.0 Å². The summed E-state index contributed by atoms with van der Waals surface area (Å²) in [5, 5.41) is 17.6. The Kier molecular flexibility index (Phi) is 4.13. The SMILES string of the molecule is N#CC1(c2ccc(-c3cc4c(cc3F)N3C(=O)O[C@@H](Cn5ccnn5)[C@@H]3C4)cn2)[C@@H]2CSC[C@@H]21. The first kappa shape index (κ1) is 20.0. The summed E-state index contributed by atoms with van der Waals surface area (Å²) in [6.07, 6.45) is 4.66. The van der Waals surface area contributed by atoms with Crippen LogP contribution in [-0.4, -0.2) is 49.7 Å². The Morgan fingerprint density at radius 1 is 1.29 bits per heavy atom. The molecule has 10 heteroatoms. The first-order valence-corrected chi connectivity index (χ1v) is 12.4. The zero-order valence-electron chi connectivity index (χ0n) is 18.0. The third kappa shape index (κ3) is 2.64. The molecule has 3 aliphatic heterocycles. The Balaban J connectivity index is 1.18. The molecule has 2 saturated heterocycles. The van der Waals surface area contributed by atoms with Crippen molar-refractivity contribution in [2.24, 2.45) is 11.8 Å². The summed E-state index contributed by atoms with van der Waals surface area (Å²) >= 11 is 1.89. The van der Waals surface area contributed by atoms with Crippen LogP contribution in [0.5, 0.6) is 0 Å². The number of hydrogen-bond acceptors (Lipinski definition) is 7. The fourth-order valence-corrected chi connectivity index (χ4v) is 7.57. The second kappa shape index (κ2) is 7.03. The van der Waals surface area contributed by atoms with E-state index < -0.39 is 23.4 Å². The topological polar surface area (TPSA) is 96.9 Å². The molecule has 2 aromatic heterocycles. The van der Waals surface area contributed by atoms with E-state index in [4.69, 9.17) is 4.74 Å². The van der Waals surface area contributed by atoms with Gasteiger partial charge in [-0.2, -0.15) is 17.0 Å². The number of cyclic esters (lactones) is 1. The van der Waals surface area contributed by atoms with Crippen molar-refractivity contribution < 1.29 is 13.9 Å². The summed E-state index contributed by atoms with van der Waals surface area (Å²) in [7, 11) is 0. The average Bonchev–Trinajstić information content (AvgIpc) is 3.45. The molecule has 0 radical (unpaired) electrons. The Morgan fingerprint density at radius 3 is 2.85 bits per heavy atom. The van der Waals surface area contributed by atoms with Gasteiger partial charge < -0.3 is 4.74 Å². The number of fused-ring (bicyclic) bond motifs is 4. The second-order valence-electron chi connectivity index (χ2n) is 9.31. The summed E-state index contributed by atoms with van der Waals surface area (Å²) in [4.78, 5) is 18.7. The van der Waals surface area contributed by atoms with Crippen LogP contribution in [0.1, 0.15) is 11.3 Å². The van der Waals surface area contributed by atoms with Gasteiger partial charge in [-0.05, 0) is 53.5 Å². The maximum absolute atomic E-state index is 15.2. The van der Waals surface area contributed by atoms with Gasteiger partial charge in [-0.25, -0.2) is 13.9 Å². The molecule has 3 fully saturated rings. The third-order valence-electron chi connectivity index (χ3n) is 7.73. The van der Waals surface area contributed by atoms with E-state index in [0.29, 0.717) is 41.6 Å². The Morgan fingerprint density at radius 2 is 2.15 bits per heavy atom. The average molecular weight is 475 g/mol. The number of ether oxygens (including phenoxy) is 1. The molecule has 0 spiro atoms. The largest absolute Gasteiger partial charge is 0.442 e. The van der Waals surface area contributed by atoms with Crippen LogP contribution in [0.4, 0.5) is 14.9 Å². The van der Waals surface area contributed by atoms with E-state index in [1.807, 2.05) is 30.0 Å². The summed E-state index contributed by atoms with van der Waals surface area (Å²) in [6, 6.07) is 9.24. The summed E-state index contributed by atoms with van der Waals surface area (Å²) < 4.78 is 22.4. The number of rotatable bonds is 4. The zero-order chi connectivity index (χ0) is 23.0. The minimum atomic E-state index is -0.482. The predicted octanol–water partition coefficient (Wildman–Crippen LogP) is 3.18. The number of hydrogen-bond donors (Lipinski definition) is 0. The van der Waals surface area contributed by atoms with Gasteiger partial charge in [-0.15, -0.1) is 5.10 Å². The number of pyridine rings is 1. The normalized spacial score (nSPS) is 30.5. The number of amides is 1. The first-order valence-electron chi connectivity index (χ1n) is 11.2. The van der Waals surface area contributed by atoms with E-state index in [2.05, 4.69) is 21.4 Å². The number of anilines is 1. The van der Waals surface area contributed by atoms with Crippen molar-refractivity contribution in [3.05, 3.63) is 59.9 Å². The fourth-order valence-electron chi connectivity index (χ4n) is 5.94. The van der Waals surface area contributed by atoms with Crippen molar-refractivity contribution in [3.63, 3.8) is 0 Å². The van der Waals surface area contributed by atoms with Crippen molar-refractivity contribution in [3.8, 4) is 17.2 Å². The number of benzene rings is 1. The number of nitriles is 1. The van der Waals surface area contributed by atoms with Crippen LogP contribution in [-0.2, 0) is 23.1 Å². The molecule has 1 aromatic carbocycles. The molecule has 34 heavy (non-hydrogen) atoms. The Hall–Kier alpha value is -3.45. The molecule has 1 amide bonds. The van der Waals surface area contributed by atoms with E-state index in [1.165, 1.54) is 6.07 Å². The Labute approximate surface area is 198 Å². The van der Waals surface area contributed by atoms with E-state index in [0.717, 1.165) is 22.8 Å². The van der Waals surface area contributed by atoms with Crippen LogP contribution < -0.4 is 4.90 Å². The van der Waals surface area contributed by atoms with Gasteiger partial charge in [0.15, 0.2) is 0 Å². The van der Waals surface area contributed by atoms with Crippen molar-refractivity contribution in [2.75, 3.05) is 16.4 Å². The number of halogens is 1. The molecule has 8 nitrogen and oxygen atoms in total. The zero-order valence-corrected chi connectivity index (χ0v) is 18.8. The minimum Gasteiger partial charge on any atom is -0.442 e. The predicted molar refractivity (Wildman–Crippen MR) is 121 cm³/mol. The van der Waals surface area contributed by atoms with Gasteiger partial charge in [0.2, 0.25) is 0 Å². The van der Waals surface area contributed by atoms with Crippen molar-refractivity contribution in [1.82, 2.24) is 20.0 Å². The maximum Gasteiger partial charge on any atom is 0.415 e. The van der Waals surface area contributed by atoms with Crippen LogP contribution in [0.15, 0.2) is 42.9 Å². The molecule has 1 aliphatic carbocycles. The maximum atomic E-state index is 15.2. The van der Waals surface area contributed by atoms with E-state index in [-0.39, 0.29) is 6.04 Å². The number of nitrogens with zero attached hydrogens (tertiary/aromatic N) is 6. The van der Waals surface area contributed by atoms with Crippen molar-refractivity contribution in [2.45, 2.75) is 30.5 Å². The van der Waals surface area contributed by atoms with E-state index in [1.54, 1.807) is 28.2 Å². The smallest absolute Gasteiger partial charge is 0.415 e. The van der Waals surface area contributed by atoms with Gasteiger partial charge >= 0.3 is 6.09 Å². The highest BCUT2D eigenvalue weighted by Gasteiger charge is 2.69. The monoisotopic (exact) mass is 474 g/mol. The van der Waals surface area contributed by atoms with Crippen LogP contribution >= 0.6 is 11.8 Å². The van der Waals surface area contributed by atoms with Crippen LogP contribution in [0.3, 0.4) is 0 Å².